The molecule has 2 aliphatic heterocycles. The Balaban J connectivity index is 0.986. The number of hydrogen-bond acceptors (Lipinski definition) is 12. The lowest BCUT2D eigenvalue weighted by Gasteiger charge is -2.25. The van der Waals surface area contributed by atoms with Gasteiger partial charge in [-0.2, -0.15) is 5.26 Å². The molecule has 0 unspecified atom stereocenters. The van der Waals surface area contributed by atoms with Crippen molar-refractivity contribution in [1.29, 1.82) is 5.26 Å². The third-order valence-corrected chi connectivity index (χ3v) is 15.1. The summed E-state index contributed by atoms with van der Waals surface area (Å²) in [5, 5.41) is 20.4. The Morgan fingerprint density at radius 2 is 1.76 bits per heavy atom. The fourth-order valence-electron chi connectivity index (χ4n) is 9.14. The van der Waals surface area contributed by atoms with Crippen LogP contribution in [-0.4, -0.2) is 88.3 Å². The lowest BCUT2D eigenvalue weighted by Crippen LogP contribution is -2.42. The second-order valence-corrected chi connectivity index (χ2v) is 18.8. The highest BCUT2D eigenvalue weighted by atomic mass is 32.2. The van der Waals surface area contributed by atoms with Crippen LogP contribution in [0, 0.1) is 31.1 Å². The van der Waals surface area contributed by atoms with Crippen molar-refractivity contribution in [3.8, 4) is 45.8 Å². The summed E-state index contributed by atoms with van der Waals surface area (Å²) >= 11 is 0. The van der Waals surface area contributed by atoms with Gasteiger partial charge in [0.15, 0.2) is 5.58 Å². The average Bonchev–Trinajstić information content (AvgIpc) is 3.67. The third-order valence-electron chi connectivity index (χ3n) is 12.9. The summed E-state index contributed by atoms with van der Waals surface area (Å²) in [5.41, 5.74) is 10.8. The van der Waals surface area contributed by atoms with Gasteiger partial charge in [0, 0.05) is 43.3 Å². The molecule has 4 aliphatic rings. The average molecular weight is 802 g/mol. The smallest absolute Gasteiger partial charge is 0.240 e. The maximum Gasteiger partial charge on any atom is 0.240 e. The number of fused-ring (bicyclic) bond motifs is 2. The fourth-order valence-corrected chi connectivity index (χ4v) is 10.5. The summed E-state index contributed by atoms with van der Waals surface area (Å²) in [4.78, 5) is 32.1. The minimum absolute atomic E-state index is 0.0118. The van der Waals surface area contributed by atoms with E-state index >= 15 is 0 Å². The number of methoxy groups -OCH3 is 1. The number of aliphatic hydroxyl groups is 1. The van der Waals surface area contributed by atoms with Gasteiger partial charge < -0.3 is 14.3 Å². The molecule has 0 spiro atoms. The highest BCUT2D eigenvalue weighted by Crippen LogP contribution is 2.45. The molecule has 2 aliphatic carbocycles. The number of aromatic nitrogens is 3. The third kappa shape index (κ3) is 6.63. The number of nitriles is 1. The highest BCUT2D eigenvalue weighted by Gasteiger charge is 2.51. The van der Waals surface area contributed by atoms with Crippen molar-refractivity contribution in [2.45, 2.75) is 82.7 Å². The van der Waals surface area contributed by atoms with E-state index in [1.165, 1.54) is 0 Å². The van der Waals surface area contributed by atoms with E-state index in [0.717, 1.165) is 69.6 Å². The van der Waals surface area contributed by atoms with E-state index in [0.29, 0.717) is 86.0 Å². The minimum atomic E-state index is -3.70. The summed E-state index contributed by atoms with van der Waals surface area (Å²) in [7, 11) is -2.09. The number of amides is 1. The van der Waals surface area contributed by atoms with E-state index in [9.17, 15) is 23.6 Å². The molecule has 3 aromatic carbocycles. The quantitative estimate of drug-likeness (QED) is 0.169. The summed E-state index contributed by atoms with van der Waals surface area (Å²) in [6.45, 7) is 8.89. The van der Waals surface area contributed by atoms with Gasteiger partial charge in [-0.25, -0.2) is 18.4 Å². The molecule has 3 fully saturated rings. The number of ether oxygens (including phenoxy) is 1. The van der Waals surface area contributed by atoms with Crippen LogP contribution < -0.4 is 9.46 Å². The number of β-amino-alcohol motifs (C(OH)–C–C–N with tert-alkyl or cyclic N) is 1. The number of nitrogens with one attached hydrogen (secondary N) is 1. The minimum Gasteiger partial charge on any atom is -0.480 e. The van der Waals surface area contributed by atoms with Crippen LogP contribution in [0.4, 0.5) is 0 Å². The molecule has 0 bridgehead atoms. The van der Waals surface area contributed by atoms with Crippen molar-refractivity contribution in [3.63, 3.8) is 0 Å². The maximum absolute atomic E-state index is 13.1. The zero-order valence-corrected chi connectivity index (χ0v) is 34.0. The Morgan fingerprint density at radius 3 is 2.45 bits per heavy atom. The molecule has 1 saturated carbocycles. The number of oxazole rings is 1. The van der Waals surface area contributed by atoms with Gasteiger partial charge in [-0.1, -0.05) is 30.3 Å². The Kier molecular flexibility index (Phi) is 9.62. The van der Waals surface area contributed by atoms with Crippen LogP contribution in [0.2, 0.25) is 0 Å². The normalized spacial score (nSPS) is 21.6. The standard InChI is InChI=1S/C44H47N7O6S/c1-25-29(7-5-9-31(25)37-21-46-38(43(48-37)56-4)24-50-17-14-28(52)23-50)30-8-6-10-32(26(30)2)42-47-36-19-34-33(35(20-45)40(36)57-42)11-12-39(34)51-18-13-27(22-51)41(53)49-58(54,55)44(3)15-16-44/h5-10,19,21,27-28,39,52H,11-18,22-24H2,1-4H3,(H,49,53)/t27-,28-,39-/m1/s1. The van der Waals surface area contributed by atoms with Gasteiger partial charge in [0.2, 0.25) is 27.7 Å². The van der Waals surface area contributed by atoms with Crippen LogP contribution in [0.5, 0.6) is 5.88 Å². The van der Waals surface area contributed by atoms with E-state index in [2.05, 4.69) is 46.6 Å². The number of hydrogen-bond donors (Lipinski definition) is 2. The van der Waals surface area contributed by atoms with Gasteiger partial charge in [-0.05, 0) is 111 Å². The fraction of sp³-hybridized carbons (Fsp3) is 0.432. The number of carbonyl (C=O) groups excluding carboxylic acids is 1. The summed E-state index contributed by atoms with van der Waals surface area (Å²) < 4.78 is 39.2. The lowest BCUT2D eigenvalue weighted by atomic mass is 9.90. The van der Waals surface area contributed by atoms with Crippen LogP contribution in [0.1, 0.15) is 78.6 Å². The van der Waals surface area contributed by atoms with Gasteiger partial charge in [-0.3, -0.25) is 24.3 Å². The highest BCUT2D eigenvalue weighted by molar-refractivity contribution is 7.91. The molecular weight excluding hydrogens is 755 g/mol. The first-order valence-corrected chi connectivity index (χ1v) is 21.5. The van der Waals surface area contributed by atoms with Crippen LogP contribution in [-0.2, 0) is 27.8 Å². The van der Waals surface area contributed by atoms with Crippen molar-refractivity contribution >= 4 is 27.0 Å². The molecule has 14 heteroatoms. The topological polar surface area (TPSA) is 175 Å². The summed E-state index contributed by atoms with van der Waals surface area (Å²) in [6.07, 6.45) is 5.41. The van der Waals surface area contributed by atoms with Crippen LogP contribution >= 0.6 is 0 Å². The van der Waals surface area contributed by atoms with E-state index in [1.54, 1.807) is 20.2 Å². The summed E-state index contributed by atoms with van der Waals surface area (Å²) in [5.74, 6) is 0.0488. The monoisotopic (exact) mass is 801 g/mol. The SMILES string of the molecule is COc1nc(-c2cccc(-c3cccc(-c4nc5cc6c(c(C#N)c5o4)CC[C@H]6N4CC[C@@H](C(=O)NS(=O)(=O)C5(C)CC5)C4)c3C)c2C)cnc1CN1CC[C@@H](O)C1. The van der Waals surface area contributed by atoms with Crippen LogP contribution in [0.25, 0.3) is 44.9 Å². The number of benzene rings is 3. The van der Waals surface area contributed by atoms with E-state index < -0.39 is 26.6 Å². The Labute approximate surface area is 338 Å². The lowest BCUT2D eigenvalue weighted by molar-refractivity contribution is -0.122. The molecule has 2 saturated heterocycles. The number of likely N-dealkylation sites (tertiary alicyclic amines) is 2. The van der Waals surface area contributed by atoms with Gasteiger partial charge in [-0.15, -0.1) is 0 Å². The van der Waals surface area contributed by atoms with E-state index in [-0.39, 0.29) is 12.1 Å². The van der Waals surface area contributed by atoms with Crippen molar-refractivity contribution in [2.24, 2.45) is 5.92 Å². The first-order valence-electron chi connectivity index (χ1n) is 20.1. The second-order valence-electron chi connectivity index (χ2n) is 16.6. The number of sulfonamides is 1. The Bertz CT molecular complexity index is 2630. The van der Waals surface area contributed by atoms with Crippen LogP contribution in [0.15, 0.2) is 53.1 Å². The Morgan fingerprint density at radius 1 is 1.03 bits per heavy atom. The van der Waals surface area contributed by atoms with E-state index in [4.69, 9.17) is 24.1 Å². The Hall–Kier alpha value is -5.20. The van der Waals surface area contributed by atoms with Gasteiger partial charge in [0.1, 0.15) is 22.8 Å². The molecule has 2 N–H and O–H groups in total. The predicted molar refractivity (Wildman–Crippen MR) is 218 cm³/mol. The van der Waals surface area contributed by atoms with Gasteiger partial charge in [0.05, 0.1) is 35.8 Å². The van der Waals surface area contributed by atoms with Gasteiger partial charge in [0.25, 0.3) is 0 Å². The first kappa shape index (κ1) is 38.3. The number of rotatable bonds is 10. The molecule has 0 radical (unpaired) electrons. The summed E-state index contributed by atoms with van der Waals surface area (Å²) in [6, 6.07) is 16.6. The molecule has 5 aromatic rings. The molecule has 1 amide bonds. The number of carbonyl (C=O) groups is 1. The van der Waals surface area contributed by atoms with Crippen LogP contribution in [0.3, 0.4) is 0 Å². The van der Waals surface area contributed by atoms with Crippen molar-refractivity contribution < 1.29 is 27.5 Å². The van der Waals surface area contributed by atoms with Crippen molar-refractivity contribution in [2.75, 3.05) is 33.3 Å². The largest absolute Gasteiger partial charge is 0.480 e. The molecule has 13 nitrogen and oxygen atoms in total. The number of nitrogens with zero attached hydrogens (tertiary/aromatic N) is 6. The van der Waals surface area contributed by atoms with Crippen molar-refractivity contribution in [1.82, 2.24) is 29.5 Å². The maximum atomic E-state index is 13.1. The molecule has 300 valence electrons. The van der Waals surface area contributed by atoms with Gasteiger partial charge >= 0.3 is 0 Å². The predicted octanol–water partition coefficient (Wildman–Crippen LogP) is 5.99. The van der Waals surface area contributed by atoms with Crippen molar-refractivity contribution in [3.05, 3.63) is 82.2 Å². The zero-order chi connectivity index (χ0) is 40.5. The molecule has 3 atom stereocenters. The van der Waals surface area contributed by atoms with E-state index in [1.807, 2.05) is 30.3 Å². The second kappa shape index (κ2) is 14.6. The zero-order valence-electron chi connectivity index (χ0n) is 33.2. The molecule has 2 aromatic heterocycles. The molecule has 58 heavy (non-hydrogen) atoms. The molecule has 4 heterocycles. The number of aliphatic hydroxyl groups excluding tert-OH is 1. The molecular formula is C44H47N7O6S. The molecule has 9 rings (SSSR count). The first-order chi connectivity index (χ1) is 27.9.